The Morgan fingerprint density at radius 2 is 2.11 bits per heavy atom. The summed E-state index contributed by atoms with van der Waals surface area (Å²) in [6.07, 6.45) is 2.60. The molecule has 1 saturated heterocycles. The van der Waals surface area contributed by atoms with Crippen LogP contribution in [0.25, 0.3) is 0 Å². The van der Waals surface area contributed by atoms with Crippen molar-refractivity contribution >= 4 is 5.91 Å². The molecule has 0 spiro atoms. The van der Waals surface area contributed by atoms with E-state index < -0.39 is 0 Å². The van der Waals surface area contributed by atoms with E-state index in [0.29, 0.717) is 6.42 Å². The van der Waals surface area contributed by atoms with E-state index in [4.69, 9.17) is 4.74 Å². The number of aryl methyl sites for hydroxylation is 1. The van der Waals surface area contributed by atoms with Crippen LogP contribution >= 0.6 is 0 Å². The highest BCUT2D eigenvalue weighted by atomic mass is 16.5. The van der Waals surface area contributed by atoms with Crippen molar-refractivity contribution in [3.05, 3.63) is 29.8 Å². The highest BCUT2D eigenvalue weighted by molar-refractivity contribution is 5.81. The first-order valence-corrected chi connectivity index (χ1v) is 6.73. The van der Waals surface area contributed by atoms with Crippen LogP contribution in [0, 0.1) is 6.92 Å². The minimum absolute atomic E-state index is 0.136. The Balaban J connectivity index is 2.02. The van der Waals surface area contributed by atoms with Gasteiger partial charge in [-0.15, -0.1) is 0 Å². The van der Waals surface area contributed by atoms with Crippen LogP contribution < -0.4 is 4.74 Å². The number of carbonyl (C=O) groups excluding carboxylic acids is 1. The normalized spacial score (nSPS) is 16.7. The van der Waals surface area contributed by atoms with Crippen LogP contribution in [0.4, 0.5) is 0 Å². The Labute approximate surface area is 109 Å². The third-order valence-electron chi connectivity index (χ3n) is 3.33. The first-order valence-electron chi connectivity index (χ1n) is 6.73. The molecule has 0 bridgehead atoms. The quantitative estimate of drug-likeness (QED) is 0.818. The van der Waals surface area contributed by atoms with E-state index in [1.165, 1.54) is 0 Å². The Kier molecular flexibility index (Phi) is 4.24. The van der Waals surface area contributed by atoms with Crippen molar-refractivity contribution in [1.29, 1.82) is 0 Å². The average molecular weight is 247 g/mol. The Morgan fingerprint density at radius 1 is 1.39 bits per heavy atom. The van der Waals surface area contributed by atoms with Gasteiger partial charge in [0.05, 0.1) is 0 Å². The van der Waals surface area contributed by atoms with Gasteiger partial charge in [0, 0.05) is 13.1 Å². The van der Waals surface area contributed by atoms with Gasteiger partial charge in [0.2, 0.25) is 0 Å². The summed E-state index contributed by atoms with van der Waals surface area (Å²) < 4.78 is 5.83. The number of carbonyl (C=O) groups is 1. The molecule has 3 nitrogen and oxygen atoms in total. The van der Waals surface area contributed by atoms with Gasteiger partial charge in [0.15, 0.2) is 6.10 Å². The third kappa shape index (κ3) is 3.03. The second-order valence-corrected chi connectivity index (χ2v) is 4.86. The van der Waals surface area contributed by atoms with Crippen LogP contribution in [-0.2, 0) is 4.79 Å². The SMILES string of the molecule is CC[C@@H](Oc1cccc(C)c1)C(=O)N1CCCC1. The maximum Gasteiger partial charge on any atom is 0.263 e. The first-order chi connectivity index (χ1) is 8.70. The van der Waals surface area contributed by atoms with Crippen molar-refractivity contribution in [2.45, 2.75) is 39.2 Å². The summed E-state index contributed by atoms with van der Waals surface area (Å²) in [6, 6.07) is 7.86. The van der Waals surface area contributed by atoms with E-state index >= 15 is 0 Å². The van der Waals surface area contributed by atoms with Gasteiger partial charge in [-0.3, -0.25) is 4.79 Å². The molecular formula is C15H21NO2. The van der Waals surface area contributed by atoms with E-state index in [2.05, 4.69) is 0 Å². The Hall–Kier alpha value is -1.51. The molecule has 1 aromatic carbocycles. The number of benzene rings is 1. The summed E-state index contributed by atoms with van der Waals surface area (Å²) in [7, 11) is 0. The molecule has 1 atom stereocenters. The van der Waals surface area contributed by atoms with Gasteiger partial charge in [0.25, 0.3) is 5.91 Å². The van der Waals surface area contributed by atoms with Gasteiger partial charge in [-0.05, 0) is 43.9 Å². The average Bonchev–Trinajstić information content (AvgIpc) is 2.89. The molecule has 1 fully saturated rings. The second-order valence-electron chi connectivity index (χ2n) is 4.86. The topological polar surface area (TPSA) is 29.5 Å². The maximum atomic E-state index is 12.3. The number of nitrogens with zero attached hydrogens (tertiary/aromatic N) is 1. The minimum Gasteiger partial charge on any atom is -0.481 e. The molecule has 1 amide bonds. The van der Waals surface area contributed by atoms with Gasteiger partial charge in [-0.25, -0.2) is 0 Å². The molecule has 0 saturated carbocycles. The molecule has 1 aliphatic heterocycles. The van der Waals surface area contributed by atoms with Crippen LogP contribution in [-0.4, -0.2) is 30.0 Å². The molecule has 1 heterocycles. The van der Waals surface area contributed by atoms with Crippen LogP contribution in [0.1, 0.15) is 31.7 Å². The summed E-state index contributed by atoms with van der Waals surface area (Å²) >= 11 is 0. The smallest absolute Gasteiger partial charge is 0.263 e. The monoisotopic (exact) mass is 247 g/mol. The van der Waals surface area contributed by atoms with Gasteiger partial charge >= 0.3 is 0 Å². The zero-order valence-corrected chi connectivity index (χ0v) is 11.2. The van der Waals surface area contributed by atoms with E-state index in [9.17, 15) is 4.79 Å². The van der Waals surface area contributed by atoms with Crippen LogP contribution in [0.3, 0.4) is 0 Å². The standard InChI is InChI=1S/C15H21NO2/c1-3-14(15(17)16-9-4-5-10-16)18-13-8-6-7-12(2)11-13/h6-8,11,14H,3-5,9-10H2,1-2H3/t14-/m1/s1. The van der Waals surface area contributed by atoms with Crippen molar-refractivity contribution in [3.8, 4) is 5.75 Å². The predicted molar refractivity (Wildman–Crippen MR) is 71.7 cm³/mol. The fraction of sp³-hybridized carbons (Fsp3) is 0.533. The van der Waals surface area contributed by atoms with Crippen molar-refractivity contribution < 1.29 is 9.53 Å². The lowest BCUT2D eigenvalue weighted by Gasteiger charge is -2.23. The predicted octanol–water partition coefficient (Wildman–Crippen LogP) is 2.77. The fourth-order valence-electron chi connectivity index (χ4n) is 2.30. The van der Waals surface area contributed by atoms with Crippen molar-refractivity contribution in [2.75, 3.05) is 13.1 Å². The van der Waals surface area contributed by atoms with Crippen molar-refractivity contribution in [3.63, 3.8) is 0 Å². The van der Waals surface area contributed by atoms with Crippen molar-refractivity contribution in [1.82, 2.24) is 4.90 Å². The molecule has 3 heteroatoms. The number of hydrogen-bond acceptors (Lipinski definition) is 2. The molecule has 2 rings (SSSR count). The van der Waals surface area contributed by atoms with E-state index in [1.54, 1.807) is 0 Å². The Morgan fingerprint density at radius 3 is 2.72 bits per heavy atom. The van der Waals surface area contributed by atoms with Gasteiger partial charge < -0.3 is 9.64 Å². The molecule has 98 valence electrons. The summed E-state index contributed by atoms with van der Waals surface area (Å²) in [5.41, 5.74) is 1.15. The summed E-state index contributed by atoms with van der Waals surface area (Å²) in [4.78, 5) is 14.2. The molecule has 0 aliphatic carbocycles. The molecule has 0 unspecified atom stereocenters. The maximum absolute atomic E-state index is 12.3. The van der Waals surface area contributed by atoms with Crippen LogP contribution in [0.2, 0.25) is 0 Å². The van der Waals surface area contributed by atoms with Gasteiger partial charge in [0.1, 0.15) is 5.75 Å². The van der Waals surface area contributed by atoms with Crippen molar-refractivity contribution in [2.24, 2.45) is 0 Å². The zero-order valence-electron chi connectivity index (χ0n) is 11.2. The number of rotatable bonds is 4. The molecule has 1 aromatic rings. The highest BCUT2D eigenvalue weighted by Crippen LogP contribution is 2.18. The lowest BCUT2D eigenvalue weighted by molar-refractivity contribution is -0.137. The highest BCUT2D eigenvalue weighted by Gasteiger charge is 2.26. The van der Waals surface area contributed by atoms with E-state index in [0.717, 1.165) is 37.2 Å². The van der Waals surface area contributed by atoms with E-state index in [-0.39, 0.29) is 12.0 Å². The summed E-state index contributed by atoms with van der Waals surface area (Å²) in [6.45, 7) is 5.78. The molecule has 0 aromatic heterocycles. The molecule has 18 heavy (non-hydrogen) atoms. The largest absolute Gasteiger partial charge is 0.481 e. The summed E-state index contributed by atoms with van der Waals surface area (Å²) in [5.74, 6) is 0.922. The molecular weight excluding hydrogens is 226 g/mol. The van der Waals surface area contributed by atoms with Gasteiger partial charge in [-0.1, -0.05) is 19.1 Å². The fourth-order valence-corrected chi connectivity index (χ4v) is 2.30. The minimum atomic E-state index is -0.343. The number of amides is 1. The lowest BCUT2D eigenvalue weighted by Crippen LogP contribution is -2.40. The molecule has 0 radical (unpaired) electrons. The third-order valence-corrected chi connectivity index (χ3v) is 3.33. The van der Waals surface area contributed by atoms with Crippen LogP contribution in [0.5, 0.6) is 5.75 Å². The molecule has 1 aliphatic rings. The number of likely N-dealkylation sites (tertiary alicyclic amines) is 1. The first kappa shape index (κ1) is 12.9. The lowest BCUT2D eigenvalue weighted by atomic mass is 10.2. The Bertz CT molecular complexity index is 411. The number of ether oxygens (including phenoxy) is 1. The van der Waals surface area contributed by atoms with Gasteiger partial charge in [-0.2, -0.15) is 0 Å². The van der Waals surface area contributed by atoms with Crippen LogP contribution in [0.15, 0.2) is 24.3 Å². The number of hydrogen-bond donors (Lipinski definition) is 0. The zero-order chi connectivity index (χ0) is 13.0. The second kappa shape index (κ2) is 5.89. The summed E-state index contributed by atoms with van der Waals surface area (Å²) in [5, 5.41) is 0. The van der Waals surface area contributed by atoms with E-state index in [1.807, 2.05) is 43.0 Å². The molecule has 0 N–H and O–H groups in total.